The van der Waals surface area contributed by atoms with Crippen LogP contribution in [-0.4, -0.2) is 47.8 Å². The summed E-state index contributed by atoms with van der Waals surface area (Å²) in [5.41, 5.74) is 0.409. The van der Waals surface area contributed by atoms with Gasteiger partial charge in [-0.2, -0.15) is 9.78 Å². The smallest absolute Gasteiger partial charge is 0.435 e. The van der Waals surface area contributed by atoms with Gasteiger partial charge < -0.3 is 14.4 Å². The summed E-state index contributed by atoms with van der Waals surface area (Å²) < 4.78 is 11.8. The second-order valence-corrected chi connectivity index (χ2v) is 5.22. The van der Waals surface area contributed by atoms with Crippen LogP contribution in [0.15, 0.2) is 12.4 Å². The Kier molecular flexibility index (Phi) is 3.56. The fourth-order valence-corrected chi connectivity index (χ4v) is 1.71. The summed E-state index contributed by atoms with van der Waals surface area (Å²) in [6, 6.07) is 0. The molecule has 2 heterocycles. The van der Waals surface area contributed by atoms with Crippen molar-refractivity contribution >= 4 is 11.8 Å². The largest absolute Gasteiger partial charge is 0.442 e. The highest BCUT2D eigenvalue weighted by Gasteiger charge is 2.20. The zero-order chi connectivity index (χ0) is 13.2. The highest BCUT2D eigenvalue weighted by atomic mass is 16.6. The number of hydrogen-bond acceptors (Lipinski definition) is 5. The zero-order valence-corrected chi connectivity index (χ0v) is 11.0. The zero-order valence-electron chi connectivity index (χ0n) is 11.0. The third kappa shape index (κ3) is 3.22. The summed E-state index contributed by atoms with van der Waals surface area (Å²) in [4.78, 5) is 13.9. The second-order valence-electron chi connectivity index (χ2n) is 5.22. The van der Waals surface area contributed by atoms with Gasteiger partial charge in [-0.3, -0.25) is 0 Å². The molecule has 0 unspecified atom stereocenters. The lowest BCUT2D eigenvalue weighted by Crippen LogP contribution is -2.36. The molecule has 0 aliphatic carbocycles. The van der Waals surface area contributed by atoms with Gasteiger partial charge in [0, 0.05) is 13.1 Å². The summed E-state index contributed by atoms with van der Waals surface area (Å²) in [5, 5.41) is 4.04. The molecule has 1 aromatic heterocycles. The standard InChI is InChI=1S/C12H19N3O3/c1-12(2,3)18-11(16)15-9-10(8-13-15)14-4-6-17-7-5-14/h8-9H,4-7H2,1-3H3. The Bertz CT molecular complexity index is 416. The van der Waals surface area contributed by atoms with Gasteiger partial charge in [0.2, 0.25) is 0 Å². The lowest BCUT2D eigenvalue weighted by atomic mass is 10.2. The number of anilines is 1. The summed E-state index contributed by atoms with van der Waals surface area (Å²) >= 11 is 0. The van der Waals surface area contributed by atoms with Crippen LogP contribution in [0.1, 0.15) is 20.8 Å². The lowest BCUT2D eigenvalue weighted by molar-refractivity contribution is 0.0514. The number of rotatable bonds is 1. The van der Waals surface area contributed by atoms with Gasteiger partial charge in [-0.15, -0.1) is 0 Å². The maximum Gasteiger partial charge on any atom is 0.435 e. The maximum atomic E-state index is 11.8. The molecular weight excluding hydrogens is 234 g/mol. The number of aromatic nitrogens is 2. The van der Waals surface area contributed by atoms with E-state index in [4.69, 9.17) is 9.47 Å². The lowest BCUT2D eigenvalue weighted by Gasteiger charge is -2.27. The molecule has 100 valence electrons. The molecule has 0 saturated carbocycles. The van der Waals surface area contributed by atoms with E-state index in [0.29, 0.717) is 13.2 Å². The van der Waals surface area contributed by atoms with Gasteiger partial charge in [0.1, 0.15) is 5.60 Å². The monoisotopic (exact) mass is 253 g/mol. The maximum absolute atomic E-state index is 11.8. The molecule has 0 amide bonds. The first-order valence-corrected chi connectivity index (χ1v) is 6.06. The van der Waals surface area contributed by atoms with Gasteiger partial charge in [-0.05, 0) is 20.8 Å². The molecule has 6 heteroatoms. The van der Waals surface area contributed by atoms with Crippen LogP contribution in [0.5, 0.6) is 0 Å². The Morgan fingerprint density at radius 1 is 1.39 bits per heavy atom. The average molecular weight is 253 g/mol. The van der Waals surface area contributed by atoms with Crippen molar-refractivity contribution in [3.63, 3.8) is 0 Å². The van der Waals surface area contributed by atoms with Gasteiger partial charge >= 0.3 is 6.09 Å². The fourth-order valence-electron chi connectivity index (χ4n) is 1.71. The average Bonchev–Trinajstić information content (AvgIpc) is 2.77. The molecule has 0 atom stereocenters. The molecule has 0 aromatic carbocycles. The fraction of sp³-hybridized carbons (Fsp3) is 0.667. The van der Waals surface area contributed by atoms with E-state index >= 15 is 0 Å². The molecule has 0 spiro atoms. The molecule has 1 aliphatic heterocycles. The highest BCUT2D eigenvalue weighted by Crippen LogP contribution is 2.15. The third-order valence-corrected chi connectivity index (χ3v) is 2.53. The van der Waals surface area contributed by atoms with Crippen LogP contribution < -0.4 is 4.90 Å². The molecule has 1 fully saturated rings. The van der Waals surface area contributed by atoms with Crippen molar-refractivity contribution in [2.24, 2.45) is 0 Å². The SMILES string of the molecule is CC(C)(C)OC(=O)n1cc(N2CCOCC2)cn1. The molecule has 18 heavy (non-hydrogen) atoms. The van der Waals surface area contributed by atoms with E-state index < -0.39 is 11.7 Å². The molecule has 1 aliphatic rings. The van der Waals surface area contributed by atoms with Gasteiger partial charge in [0.15, 0.2) is 0 Å². The molecule has 2 rings (SSSR count). The molecule has 1 aromatic rings. The first kappa shape index (κ1) is 12.9. The van der Waals surface area contributed by atoms with Crippen LogP contribution in [-0.2, 0) is 9.47 Å². The van der Waals surface area contributed by atoms with E-state index in [1.807, 2.05) is 20.8 Å². The summed E-state index contributed by atoms with van der Waals surface area (Å²) in [7, 11) is 0. The minimum absolute atomic E-state index is 0.456. The van der Waals surface area contributed by atoms with Crippen molar-refractivity contribution in [2.45, 2.75) is 26.4 Å². The van der Waals surface area contributed by atoms with Gasteiger partial charge in [-0.1, -0.05) is 0 Å². The Morgan fingerprint density at radius 2 is 2.06 bits per heavy atom. The van der Waals surface area contributed by atoms with Gasteiger partial charge in [0.25, 0.3) is 0 Å². The topological polar surface area (TPSA) is 56.6 Å². The molecule has 0 N–H and O–H groups in total. The molecule has 0 bridgehead atoms. The Balaban J connectivity index is 2.03. The summed E-state index contributed by atoms with van der Waals surface area (Å²) in [6.45, 7) is 8.54. The Labute approximate surface area is 106 Å². The number of carbonyl (C=O) groups excluding carboxylic acids is 1. The Hall–Kier alpha value is -1.56. The van der Waals surface area contributed by atoms with Crippen molar-refractivity contribution in [3.05, 3.63) is 12.4 Å². The molecule has 1 saturated heterocycles. The molecular formula is C12H19N3O3. The van der Waals surface area contributed by atoms with Crippen LogP contribution in [0.25, 0.3) is 0 Å². The van der Waals surface area contributed by atoms with Crippen molar-refractivity contribution in [3.8, 4) is 0 Å². The number of hydrogen-bond donors (Lipinski definition) is 0. The van der Waals surface area contributed by atoms with Crippen molar-refractivity contribution in [1.29, 1.82) is 0 Å². The van der Waals surface area contributed by atoms with E-state index in [9.17, 15) is 4.79 Å². The molecule has 6 nitrogen and oxygen atoms in total. The van der Waals surface area contributed by atoms with Gasteiger partial charge in [-0.25, -0.2) is 4.79 Å². The highest BCUT2D eigenvalue weighted by molar-refractivity contribution is 5.71. The van der Waals surface area contributed by atoms with Crippen molar-refractivity contribution in [2.75, 3.05) is 31.2 Å². The van der Waals surface area contributed by atoms with Crippen LogP contribution in [0.2, 0.25) is 0 Å². The van der Waals surface area contributed by atoms with E-state index in [0.717, 1.165) is 18.8 Å². The Morgan fingerprint density at radius 3 is 2.67 bits per heavy atom. The summed E-state index contributed by atoms with van der Waals surface area (Å²) in [6.07, 6.45) is 2.91. The van der Waals surface area contributed by atoms with Crippen LogP contribution in [0, 0.1) is 0 Å². The van der Waals surface area contributed by atoms with Crippen LogP contribution >= 0.6 is 0 Å². The van der Waals surface area contributed by atoms with E-state index in [1.54, 1.807) is 12.4 Å². The number of nitrogens with zero attached hydrogens (tertiary/aromatic N) is 3. The quantitative estimate of drug-likeness (QED) is 0.759. The first-order chi connectivity index (χ1) is 8.46. The minimum atomic E-state index is -0.512. The van der Waals surface area contributed by atoms with E-state index in [2.05, 4.69) is 10.00 Å². The number of carbonyl (C=O) groups is 1. The number of morpholine rings is 1. The normalized spacial score (nSPS) is 16.7. The third-order valence-electron chi connectivity index (χ3n) is 2.53. The minimum Gasteiger partial charge on any atom is -0.442 e. The predicted octanol–water partition coefficient (Wildman–Crippen LogP) is 1.50. The predicted molar refractivity (Wildman–Crippen MR) is 66.9 cm³/mol. The van der Waals surface area contributed by atoms with Crippen molar-refractivity contribution < 1.29 is 14.3 Å². The summed E-state index contributed by atoms with van der Waals surface area (Å²) in [5.74, 6) is 0. The molecule has 0 radical (unpaired) electrons. The van der Waals surface area contributed by atoms with Crippen LogP contribution in [0.3, 0.4) is 0 Å². The number of ether oxygens (including phenoxy) is 2. The van der Waals surface area contributed by atoms with E-state index in [1.165, 1.54) is 4.68 Å². The second kappa shape index (κ2) is 4.97. The van der Waals surface area contributed by atoms with Crippen molar-refractivity contribution in [1.82, 2.24) is 9.78 Å². The first-order valence-electron chi connectivity index (χ1n) is 6.06. The van der Waals surface area contributed by atoms with Crippen LogP contribution in [0.4, 0.5) is 10.5 Å². The van der Waals surface area contributed by atoms with Gasteiger partial charge in [0.05, 0.1) is 31.3 Å². The van der Waals surface area contributed by atoms with E-state index in [-0.39, 0.29) is 0 Å².